The van der Waals surface area contributed by atoms with Crippen molar-refractivity contribution in [3.05, 3.63) is 108 Å². The molecule has 3 aromatic heterocycles. The van der Waals surface area contributed by atoms with Crippen molar-refractivity contribution < 1.29 is 8.96 Å². The molecule has 37 heavy (non-hydrogen) atoms. The van der Waals surface area contributed by atoms with Gasteiger partial charge in [0.2, 0.25) is 5.69 Å². The lowest BCUT2D eigenvalue weighted by atomic mass is 9.96. The van der Waals surface area contributed by atoms with Gasteiger partial charge in [0.1, 0.15) is 17.6 Å². The molecule has 0 aliphatic heterocycles. The molecule has 0 unspecified atom stereocenters. The number of fused-ring (bicyclic) bond motifs is 6. The zero-order chi connectivity index (χ0) is 25.4. The molecule has 4 heteroatoms. The van der Waals surface area contributed by atoms with E-state index in [0.29, 0.717) is 5.52 Å². The molecule has 7 rings (SSSR count). The second kappa shape index (κ2) is 7.99. The molecular weight excluding hydrogens is 475 g/mol. The summed E-state index contributed by atoms with van der Waals surface area (Å²) in [5.74, 6) is -0.205. The number of aromatic nitrogens is 2. The van der Waals surface area contributed by atoms with Crippen molar-refractivity contribution in [2.24, 2.45) is 7.05 Å². The first-order valence-electron chi connectivity index (χ1n) is 12.5. The minimum Gasteiger partial charge on any atom is -0.307 e. The molecule has 0 atom stereocenters. The van der Waals surface area contributed by atoms with Crippen LogP contribution in [0.1, 0.15) is 16.7 Å². The lowest BCUT2D eigenvalue weighted by molar-refractivity contribution is -0.659. The Morgan fingerprint density at radius 2 is 1.59 bits per heavy atom. The Balaban J connectivity index is 1.55. The van der Waals surface area contributed by atoms with Gasteiger partial charge in [-0.1, -0.05) is 42.0 Å². The van der Waals surface area contributed by atoms with Gasteiger partial charge >= 0.3 is 0 Å². The summed E-state index contributed by atoms with van der Waals surface area (Å²) >= 11 is 1.83. The zero-order valence-corrected chi connectivity index (χ0v) is 22.1. The van der Waals surface area contributed by atoms with Gasteiger partial charge in [-0.3, -0.25) is 0 Å². The van der Waals surface area contributed by atoms with Crippen LogP contribution in [-0.2, 0) is 7.05 Å². The van der Waals surface area contributed by atoms with Crippen LogP contribution in [0.2, 0.25) is 0 Å². The number of para-hydroxylation sites is 2. The van der Waals surface area contributed by atoms with E-state index in [4.69, 9.17) is 0 Å². The average Bonchev–Trinajstić information content (AvgIpc) is 3.42. The molecule has 0 amide bonds. The van der Waals surface area contributed by atoms with Crippen molar-refractivity contribution in [3.8, 4) is 16.9 Å². The number of aryl methyl sites for hydroxylation is 3. The Morgan fingerprint density at radius 3 is 2.46 bits per heavy atom. The molecule has 2 nitrogen and oxygen atoms in total. The third-order valence-corrected chi connectivity index (χ3v) is 8.91. The fourth-order valence-electron chi connectivity index (χ4n) is 5.85. The standard InChI is InChI=1S/C33H26FN2S/c1-19-16-20(2)21(3)26(17-19)32-33-25(14-15-35(32)4)27-18-22(12-13-30(27)37-33)36-29-11-6-5-8-23(29)24-9-7-10-28(34)31(24)36/h5-18H,1-4H3/q+1. The molecule has 0 aliphatic carbocycles. The minimum atomic E-state index is -0.205. The first-order valence-corrected chi connectivity index (χ1v) is 13.3. The van der Waals surface area contributed by atoms with Crippen molar-refractivity contribution in [3.63, 3.8) is 0 Å². The quantitative estimate of drug-likeness (QED) is 0.210. The Morgan fingerprint density at radius 1 is 0.784 bits per heavy atom. The minimum absolute atomic E-state index is 0.205. The number of benzene rings is 4. The predicted molar refractivity (Wildman–Crippen MR) is 154 cm³/mol. The summed E-state index contributed by atoms with van der Waals surface area (Å²) in [6, 6.07) is 26.8. The number of rotatable bonds is 2. The smallest absolute Gasteiger partial charge is 0.230 e. The molecule has 0 bridgehead atoms. The fourth-order valence-corrected chi connectivity index (χ4v) is 7.12. The van der Waals surface area contributed by atoms with Crippen LogP contribution >= 0.6 is 11.3 Å². The van der Waals surface area contributed by atoms with E-state index >= 15 is 4.39 Å². The van der Waals surface area contributed by atoms with Gasteiger partial charge in [-0.05, 0) is 68.3 Å². The maximum absolute atomic E-state index is 15.2. The van der Waals surface area contributed by atoms with E-state index in [2.05, 4.69) is 91.7 Å². The highest BCUT2D eigenvalue weighted by atomic mass is 32.1. The summed E-state index contributed by atoms with van der Waals surface area (Å²) in [5, 5.41) is 4.43. The number of hydrogen-bond donors (Lipinski definition) is 0. The van der Waals surface area contributed by atoms with Gasteiger partial charge in [0, 0.05) is 38.0 Å². The zero-order valence-electron chi connectivity index (χ0n) is 21.3. The summed E-state index contributed by atoms with van der Waals surface area (Å²) in [5.41, 5.74) is 9.03. The van der Waals surface area contributed by atoms with Gasteiger partial charge in [-0.25, -0.2) is 4.39 Å². The molecule has 3 heterocycles. The Labute approximate surface area is 218 Å². The van der Waals surface area contributed by atoms with E-state index < -0.39 is 0 Å². The maximum atomic E-state index is 15.2. The van der Waals surface area contributed by atoms with E-state index in [1.165, 1.54) is 48.1 Å². The van der Waals surface area contributed by atoms with Crippen LogP contribution in [0.25, 0.3) is 58.9 Å². The summed E-state index contributed by atoms with van der Waals surface area (Å²) < 4.78 is 22.1. The highest BCUT2D eigenvalue weighted by Gasteiger charge is 2.22. The molecular formula is C33H26FN2S+. The van der Waals surface area contributed by atoms with Crippen molar-refractivity contribution in [2.75, 3.05) is 0 Å². The highest BCUT2D eigenvalue weighted by molar-refractivity contribution is 7.26. The van der Waals surface area contributed by atoms with Crippen molar-refractivity contribution in [1.82, 2.24) is 4.57 Å². The lowest BCUT2D eigenvalue weighted by Crippen LogP contribution is -2.30. The van der Waals surface area contributed by atoms with Crippen LogP contribution in [0.4, 0.5) is 4.39 Å². The van der Waals surface area contributed by atoms with Crippen molar-refractivity contribution in [2.45, 2.75) is 20.8 Å². The third-order valence-electron chi connectivity index (χ3n) is 7.71. The molecule has 0 spiro atoms. The van der Waals surface area contributed by atoms with Gasteiger partial charge in [-0.2, -0.15) is 4.57 Å². The fraction of sp³-hybridized carbons (Fsp3) is 0.121. The second-order valence-corrected chi connectivity index (χ2v) is 11.1. The molecule has 180 valence electrons. The lowest BCUT2D eigenvalue weighted by Gasteiger charge is -2.10. The normalized spacial score (nSPS) is 11.9. The van der Waals surface area contributed by atoms with E-state index in [0.717, 1.165) is 22.0 Å². The predicted octanol–water partition coefficient (Wildman–Crippen LogP) is 8.71. The number of hydrogen-bond acceptors (Lipinski definition) is 1. The number of thiophene rings is 1. The molecule has 0 saturated carbocycles. The van der Waals surface area contributed by atoms with Crippen LogP contribution in [0, 0.1) is 26.6 Å². The van der Waals surface area contributed by atoms with E-state index in [9.17, 15) is 0 Å². The van der Waals surface area contributed by atoms with Crippen LogP contribution in [0.15, 0.2) is 85.1 Å². The first-order chi connectivity index (χ1) is 17.9. The second-order valence-electron chi connectivity index (χ2n) is 10.0. The first kappa shape index (κ1) is 22.2. The summed E-state index contributed by atoms with van der Waals surface area (Å²) in [4.78, 5) is 0. The highest BCUT2D eigenvalue weighted by Crippen LogP contribution is 2.41. The Kier molecular flexibility index (Phi) is 4.79. The number of halogens is 1. The SMILES string of the molecule is Cc1cc(C)c(C)c(-c2c3sc4ccc(-n5c6ccccc6c6cccc(F)c65)cc4c3cc[n+]2C)c1. The molecule has 0 N–H and O–H groups in total. The van der Waals surface area contributed by atoms with E-state index in [1.807, 2.05) is 29.5 Å². The molecule has 7 aromatic rings. The molecule has 0 saturated heterocycles. The van der Waals surface area contributed by atoms with Gasteiger partial charge < -0.3 is 4.57 Å². The molecule has 0 radical (unpaired) electrons. The summed E-state index contributed by atoms with van der Waals surface area (Å²) in [6.45, 7) is 6.57. The maximum Gasteiger partial charge on any atom is 0.230 e. The average molecular weight is 502 g/mol. The molecule has 0 aliphatic rings. The topological polar surface area (TPSA) is 8.81 Å². The van der Waals surface area contributed by atoms with Gasteiger partial charge in [0.15, 0.2) is 6.20 Å². The Bertz CT molecular complexity index is 2040. The molecule has 0 fully saturated rings. The van der Waals surface area contributed by atoms with Crippen LogP contribution in [0.3, 0.4) is 0 Å². The third kappa shape index (κ3) is 3.19. The van der Waals surface area contributed by atoms with E-state index in [-0.39, 0.29) is 5.82 Å². The van der Waals surface area contributed by atoms with Crippen LogP contribution in [-0.4, -0.2) is 4.57 Å². The largest absolute Gasteiger partial charge is 0.307 e. The monoisotopic (exact) mass is 501 g/mol. The van der Waals surface area contributed by atoms with Crippen molar-refractivity contribution in [1.29, 1.82) is 0 Å². The summed E-state index contributed by atoms with van der Waals surface area (Å²) in [7, 11) is 2.13. The van der Waals surface area contributed by atoms with Crippen LogP contribution in [0.5, 0.6) is 0 Å². The Hall–Kier alpha value is -4.02. The van der Waals surface area contributed by atoms with Crippen molar-refractivity contribution >= 4 is 53.3 Å². The summed E-state index contributed by atoms with van der Waals surface area (Å²) in [6.07, 6.45) is 2.16. The van der Waals surface area contributed by atoms with Gasteiger partial charge in [0.05, 0.1) is 16.6 Å². The number of nitrogens with zero attached hydrogens (tertiary/aromatic N) is 2. The van der Waals surface area contributed by atoms with Gasteiger partial charge in [-0.15, -0.1) is 11.3 Å². The van der Waals surface area contributed by atoms with E-state index in [1.54, 1.807) is 12.1 Å². The molecule has 4 aromatic carbocycles. The van der Waals surface area contributed by atoms with Crippen LogP contribution < -0.4 is 4.57 Å². The van der Waals surface area contributed by atoms with Gasteiger partial charge in [0.25, 0.3) is 0 Å². The number of pyridine rings is 1.